The molecule has 0 radical (unpaired) electrons. The molecule has 2 heterocycles. The standard InChI is InChI=1S/C57H39NS/c1-57(2)50-22-11-9-20-43(50)44-27-24-40(33-51(44)57)46(31-36-14-13-17-38(30-36)37-15-5-3-6-16-37)39-25-28-52-48(32-39)49-35-47-41(34-53(49)58(52)42-18-7-4-8-19-42)26-29-55-56(47)45-21-10-12-23-54(45)59-55/h3-35H,1-2H3/b46-31+. The molecule has 0 aliphatic heterocycles. The van der Waals surface area contributed by atoms with Gasteiger partial charge in [-0.2, -0.15) is 0 Å². The molecule has 0 unspecified atom stereocenters. The summed E-state index contributed by atoms with van der Waals surface area (Å²) in [5.74, 6) is 0. The van der Waals surface area contributed by atoms with E-state index < -0.39 is 0 Å². The first kappa shape index (κ1) is 34.1. The van der Waals surface area contributed by atoms with Crippen molar-refractivity contribution in [1.82, 2.24) is 4.57 Å². The predicted molar refractivity (Wildman–Crippen MR) is 254 cm³/mol. The van der Waals surface area contributed by atoms with Crippen LogP contribution < -0.4 is 0 Å². The molecule has 0 amide bonds. The Kier molecular flexibility index (Phi) is 7.51. The summed E-state index contributed by atoms with van der Waals surface area (Å²) in [4.78, 5) is 0. The number of fused-ring (bicyclic) bond motifs is 11. The molecule has 11 aromatic rings. The van der Waals surface area contributed by atoms with E-state index in [1.165, 1.54) is 108 Å². The molecule has 2 aromatic heterocycles. The van der Waals surface area contributed by atoms with Crippen molar-refractivity contribution >= 4 is 75.7 Å². The van der Waals surface area contributed by atoms with Crippen LogP contribution in [0.2, 0.25) is 0 Å². The van der Waals surface area contributed by atoms with Crippen LogP contribution in [0.3, 0.4) is 0 Å². The van der Waals surface area contributed by atoms with E-state index in [1.54, 1.807) is 0 Å². The molecule has 1 aliphatic rings. The fraction of sp³-hybridized carbons (Fsp3) is 0.0526. The molecule has 0 saturated carbocycles. The van der Waals surface area contributed by atoms with Crippen LogP contribution in [0.5, 0.6) is 0 Å². The molecule has 12 rings (SSSR count). The van der Waals surface area contributed by atoms with Crippen LogP contribution in [-0.2, 0) is 5.41 Å². The van der Waals surface area contributed by atoms with Crippen LogP contribution in [0.4, 0.5) is 0 Å². The van der Waals surface area contributed by atoms with Gasteiger partial charge >= 0.3 is 0 Å². The molecule has 0 saturated heterocycles. The highest BCUT2D eigenvalue weighted by Gasteiger charge is 2.35. The lowest BCUT2D eigenvalue weighted by Gasteiger charge is -2.22. The zero-order valence-corrected chi connectivity index (χ0v) is 33.7. The lowest BCUT2D eigenvalue weighted by atomic mass is 9.81. The number of para-hydroxylation sites is 1. The van der Waals surface area contributed by atoms with Gasteiger partial charge < -0.3 is 4.57 Å². The molecular formula is C57H39NS. The van der Waals surface area contributed by atoms with Crippen molar-refractivity contribution in [2.75, 3.05) is 0 Å². The zero-order valence-electron chi connectivity index (χ0n) is 32.9. The highest BCUT2D eigenvalue weighted by Crippen LogP contribution is 2.50. The molecule has 0 bridgehead atoms. The first-order valence-corrected chi connectivity index (χ1v) is 21.3. The van der Waals surface area contributed by atoms with Gasteiger partial charge in [-0.1, -0.05) is 147 Å². The molecule has 0 N–H and O–H groups in total. The van der Waals surface area contributed by atoms with Gasteiger partial charge in [-0.05, 0) is 133 Å². The van der Waals surface area contributed by atoms with E-state index in [4.69, 9.17) is 0 Å². The smallest absolute Gasteiger partial charge is 0.0547 e. The van der Waals surface area contributed by atoms with Gasteiger partial charge in [0.1, 0.15) is 0 Å². The largest absolute Gasteiger partial charge is 0.309 e. The van der Waals surface area contributed by atoms with E-state index in [1.807, 2.05) is 11.3 Å². The van der Waals surface area contributed by atoms with Crippen molar-refractivity contribution in [3.63, 3.8) is 0 Å². The Morgan fingerprint density at radius 1 is 0.475 bits per heavy atom. The molecule has 1 aliphatic carbocycles. The summed E-state index contributed by atoms with van der Waals surface area (Å²) in [7, 11) is 0. The van der Waals surface area contributed by atoms with Crippen LogP contribution in [0, 0.1) is 0 Å². The van der Waals surface area contributed by atoms with Crippen molar-refractivity contribution in [1.29, 1.82) is 0 Å². The number of aromatic nitrogens is 1. The predicted octanol–water partition coefficient (Wildman–Crippen LogP) is 15.9. The highest BCUT2D eigenvalue weighted by atomic mass is 32.1. The van der Waals surface area contributed by atoms with Crippen molar-refractivity contribution in [3.8, 4) is 27.9 Å². The van der Waals surface area contributed by atoms with Gasteiger partial charge in [0.2, 0.25) is 0 Å². The zero-order chi connectivity index (χ0) is 39.2. The normalized spacial score (nSPS) is 13.5. The van der Waals surface area contributed by atoms with E-state index in [9.17, 15) is 0 Å². The average Bonchev–Trinajstić information content (AvgIpc) is 3.90. The van der Waals surface area contributed by atoms with Gasteiger partial charge in [0.05, 0.1) is 11.0 Å². The Balaban J connectivity index is 1.13. The minimum atomic E-state index is -0.106. The Labute approximate surface area is 347 Å². The maximum absolute atomic E-state index is 2.47. The third kappa shape index (κ3) is 5.30. The molecule has 59 heavy (non-hydrogen) atoms. The first-order valence-electron chi connectivity index (χ1n) is 20.5. The topological polar surface area (TPSA) is 4.93 Å². The van der Waals surface area contributed by atoms with Gasteiger partial charge in [0, 0.05) is 42.0 Å². The van der Waals surface area contributed by atoms with Crippen LogP contribution in [0.25, 0.3) is 92.3 Å². The van der Waals surface area contributed by atoms with Crippen LogP contribution in [-0.4, -0.2) is 4.57 Å². The van der Waals surface area contributed by atoms with Gasteiger partial charge in [0.15, 0.2) is 0 Å². The summed E-state index contributed by atoms with van der Waals surface area (Å²) in [5.41, 5.74) is 16.1. The summed E-state index contributed by atoms with van der Waals surface area (Å²) in [6, 6.07) is 72.1. The molecule has 278 valence electrons. The Morgan fingerprint density at radius 2 is 1.19 bits per heavy atom. The number of hydrogen-bond acceptors (Lipinski definition) is 1. The molecule has 0 fully saturated rings. The third-order valence-corrected chi connectivity index (χ3v) is 13.9. The monoisotopic (exact) mass is 769 g/mol. The fourth-order valence-electron chi connectivity index (χ4n) is 9.89. The van der Waals surface area contributed by atoms with Crippen molar-refractivity contribution in [2.45, 2.75) is 19.3 Å². The lowest BCUT2D eigenvalue weighted by molar-refractivity contribution is 0.660. The van der Waals surface area contributed by atoms with E-state index in [-0.39, 0.29) is 5.41 Å². The second-order valence-electron chi connectivity index (χ2n) is 16.5. The molecule has 1 nitrogen and oxygen atoms in total. The van der Waals surface area contributed by atoms with Gasteiger partial charge in [0.25, 0.3) is 0 Å². The third-order valence-electron chi connectivity index (χ3n) is 12.8. The summed E-state index contributed by atoms with van der Waals surface area (Å²) in [6.07, 6.45) is 2.40. The van der Waals surface area contributed by atoms with Gasteiger partial charge in [-0.15, -0.1) is 11.3 Å². The fourth-order valence-corrected chi connectivity index (χ4v) is 11.0. The summed E-state index contributed by atoms with van der Waals surface area (Å²) >= 11 is 1.88. The SMILES string of the molecule is CC1(C)c2ccccc2-c2ccc(/C(=C/c3cccc(-c4ccccc4)c3)c3ccc4c(c3)c3cc5c(ccc6sc7ccccc7c65)cc3n4-c3ccccc3)cc21. The summed E-state index contributed by atoms with van der Waals surface area (Å²) in [5, 5.41) is 7.75. The van der Waals surface area contributed by atoms with E-state index in [0.717, 1.165) is 5.69 Å². The maximum atomic E-state index is 2.47. The number of hydrogen-bond donors (Lipinski definition) is 0. The average molecular weight is 770 g/mol. The Morgan fingerprint density at radius 3 is 2.07 bits per heavy atom. The Bertz CT molecular complexity index is 3510. The minimum Gasteiger partial charge on any atom is -0.309 e. The number of rotatable bonds is 5. The van der Waals surface area contributed by atoms with Gasteiger partial charge in [-0.25, -0.2) is 0 Å². The molecule has 0 atom stereocenters. The van der Waals surface area contributed by atoms with Gasteiger partial charge in [-0.3, -0.25) is 0 Å². The van der Waals surface area contributed by atoms with E-state index in [0.29, 0.717) is 0 Å². The summed E-state index contributed by atoms with van der Waals surface area (Å²) < 4.78 is 5.11. The van der Waals surface area contributed by atoms with Crippen molar-refractivity contribution in [3.05, 3.63) is 222 Å². The quantitative estimate of drug-likeness (QED) is 0.154. The number of benzene rings is 9. The number of thiophene rings is 1. The van der Waals surface area contributed by atoms with Crippen molar-refractivity contribution < 1.29 is 0 Å². The molecule has 0 spiro atoms. The lowest BCUT2D eigenvalue weighted by Crippen LogP contribution is -2.15. The Hall–Kier alpha value is -7.00. The second kappa shape index (κ2) is 13.0. The molecule has 9 aromatic carbocycles. The van der Waals surface area contributed by atoms with E-state index in [2.05, 4.69) is 219 Å². The summed E-state index contributed by atoms with van der Waals surface area (Å²) in [6.45, 7) is 4.74. The minimum absolute atomic E-state index is 0.106. The molecule has 2 heteroatoms. The van der Waals surface area contributed by atoms with Crippen LogP contribution in [0.15, 0.2) is 194 Å². The van der Waals surface area contributed by atoms with Crippen LogP contribution in [0.1, 0.15) is 41.7 Å². The number of nitrogens with zero attached hydrogens (tertiary/aromatic N) is 1. The van der Waals surface area contributed by atoms with Crippen LogP contribution >= 0.6 is 11.3 Å². The highest BCUT2D eigenvalue weighted by molar-refractivity contribution is 7.26. The van der Waals surface area contributed by atoms with Crippen molar-refractivity contribution in [2.24, 2.45) is 0 Å². The first-order chi connectivity index (χ1) is 29.0. The van der Waals surface area contributed by atoms with E-state index >= 15 is 0 Å². The molecular weight excluding hydrogens is 731 g/mol. The maximum Gasteiger partial charge on any atom is 0.0547 e. The second-order valence-corrected chi connectivity index (χ2v) is 17.6.